The van der Waals surface area contributed by atoms with Gasteiger partial charge in [-0.1, -0.05) is 6.07 Å². The van der Waals surface area contributed by atoms with Crippen LogP contribution in [0.2, 0.25) is 0 Å². The molecule has 0 saturated heterocycles. The van der Waals surface area contributed by atoms with Gasteiger partial charge in [0, 0.05) is 11.6 Å². The molecule has 3 rings (SSSR count). The zero-order valence-corrected chi connectivity index (χ0v) is 13.3. The minimum Gasteiger partial charge on any atom is -0.298 e. The molecule has 24 heavy (non-hydrogen) atoms. The highest BCUT2D eigenvalue weighted by atomic mass is 79.9. The van der Waals surface area contributed by atoms with E-state index >= 15 is 0 Å². The second kappa shape index (κ2) is 6.20. The first-order chi connectivity index (χ1) is 11.4. The van der Waals surface area contributed by atoms with Crippen LogP contribution in [0.15, 0.2) is 41.0 Å². The fourth-order valence-corrected chi connectivity index (χ4v) is 2.75. The summed E-state index contributed by atoms with van der Waals surface area (Å²) in [6.07, 6.45) is 0.410. The van der Waals surface area contributed by atoms with Crippen LogP contribution < -0.4 is 0 Å². The summed E-state index contributed by atoms with van der Waals surface area (Å²) in [6, 6.07) is 6.45. The number of nitrogens with zero attached hydrogens (tertiary/aromatic N) is 2. The maximum absolute atomic E-state index is 14.0. The van der Waals surface area contributed by atoms with Gasteiger partial charge in [0.25, 0.3) is 0 Å². The third-order valence-corrected chi connectivity index (χ3v) is 4.10. The molecule has 0 amide bonds. The van der Waals surface area contributed by atoms with Crippen LogP contribution in [0.5, 0.6) is 0 Å². The minimum atomic E-state index is -1.16. The summed E-state index contributed by atoms with van der Waals surface area (Å²) in [7, 11) is 0. The molecule has 0 radical (unpaired) electrons. The topological polar surface area (TPSA) is 34.9 Å². The molecule has 0 aliphatic carbocycles. The first-order valence-electron chi connectivity index (χ1n) is 6.57. The van der Waals surface area contributed by atoms with Crippen LogP contribution in [0.25, 0.3) is 16.9 Å². The molecule has 0 unspecified atom stereocenters. The van der Waals surface area contributed by atoms with Crippen LogP contribution in [-0.2, 0) is 0 Å². The molecule has 1 aromatic heterocycles. The smallest absolute Gasteiger partial charge is 0.168 e. The van der Waals surface area contributed by atoms with Crippen LogP contribution in [0, 0.1) is 23.3 Å². The van der Waals surface area contributed by atoms with Crippen molar-refractivity contribution in [2.75, 3.05) is 0 Å². The summed E-state index contributed by atoms with van der Waals surface area (Å²) >= 11 is 3.12. The zero-order valence-electron chi connectivity index (χ0n) is 11.7. The van der Waals surface area contributed by atoms with Crippen LogP contribution >= 0.6 is 15.9 Å². The lowest BCUT2D eigenvalue weighted by atomic mass is 10.1. The maximum Gasteiger partial charge on any atom is 0.168 e. The van der Waals surface area contributed by atoms with Crippen LogP contribution in [-0.4, -0.2) is 16.1 Å². The first kappa shape index (κ1) is 16.4. The van der Waals surface area contributed by atoms with Crippen molar-refractivity contribution in [2.24, 2.45) is 0 Å². The van der Waals surface area contributed by atoms with E-state index in [2.05, 4.69) is 21.0 Å². The normalized spacial score (nSPS) is 10.9. The monoisotopic (exact) mass is 398 g/mol. The molecule has 0 N–H and O–H groups in total. The number of carbonyl (C=O) groups excluding carboxylic acids is 1. The molecule has 2 aromatic carbocycles. The number of rotatable bonds is 3. The van der Waals surface area contributed by atoms with Gasteiger partial charge in [-0.3, -0.25) is 4.79 Å². The Labute approximate surface area is 141 Å². The molecule has 8 heteroatoms. The first-order valence-corrected chi connectivity index (χ1v) is 7.37. The number of aldehydes is 1. The lowest BCUT2D eigenvalue weighted by Crippen LogP contribution is -1.99. The Hall–Kier alpha value is -2.48. The second-order valence-electron chi connectivity index (χ2n) is 4.78. The van der Waals surface area contributed by atoms with Gasteiger partial charge in [-0.25, -0.2) is 22.2 Å². The molecule has 0 atom stereocenters. The Bertz CT molecular complexity index is 955. The molecule has 0 aliphatic rings. The summed E-state index contributed by atoms with van der Waals surface area (Å²) < 4.78 is 55.1. The van der Waals surface area contributed by atoms with Crippen LogP contribution in [0.1, 0.15) is 10.4 Å². The quantitative estimate of drug-likeness (QED) is 0.474. The van der Waals surface area contributed by atoms with Crippen molar-refractivity contribution in [3.05, 3.63) is 69.8 Å². The molecule has 3 aromatic rings. The van der Waals surface area contributed by atoms with E-state index in [1.807, 2.05) is 0 Å². The van der Waals surface area contributed by atoms with Crippen molar-refractivity contribution < 1.29 is 22.4 Å². The molecular formula is C16H7BrF4N2O. The number of hydrogen-bond acceptors (Lipinski definition) is 2. The molecule has 0 fully saturated rings. The minimum absolute atomic E-state index is 0.0516. The van der Waals surface area contributed by atoms with Gasteiger partial charge in [0.15, 0.2) is 29.6 Å². The van der Waals surface area contributed by atoms with Gasteiger partial charge in [0.2, 0.25) is 0 Å². The summed E-state index contributed by atoms with van der Waals surface area (Å²) in [5, 5.41) is 4.04. The van der Waals surface area contributed by atoms with Crippen LogP contribution in [0.4, 0.5) is 17.6 Å². The Morgan fingerprint density at radius 2 is 1.75 bits per heavy atom. The van der Waals surface area contributed by atoms with Crippen molar-refractivity contribution in [1.82, 2.24) is 9.78 Å². The summed E-state index contributed by atoms with van der Waals surface area (Å²) in [5.41, 5.74) is -0.297. The molecule has 0 saturated carbocycles. The van der Waals surface area contributed by atoms with Crippen molar-refractivity contribution >= 4 is 22.2 Å². The number of halogens is 5. The average molecular weight is 399 g/mol. The highest BCUT2D eigenvalue weighted by Crippen LogP contribution is 2.32. The van der Waals surface area contributed by atoms with Gasteiger partial charge in [-0.05, 0) is 40.2 Å². The summed E-state index contributed by atoms with van der Waals surface area (Å²) in [5.74, 6) is -4.42. The van der Waals surface area contributed by atoms with Crippen molar-refractivity contribution in [3.8, 4) is 16.9 Å². The Balaban J connectivity index is 2.24. The van der Waals surface area contributed by atoms with Crippen molar-refractivity contribution in [1.29, 1.82) is 0 Å². The van der Waals surface area contributed by atoms with Gasteiger partial charge in [-0.15, -0.1) is 0 Å². The summed E-state index contributed by atoms with van der Waals surface area (Å²) in [4.78, 5) is 11.3. The fourth-order valence-electron chi connectivity index (χ4n) is 2.19. The predicted octanol–water partition coefficient (Wildman–Crippen LogP) is 4.67. The number of benzene rings is 2. The van der Waals surface area contributed by atoms with Gasteiger partial charge < -0.3 is 0 Å². The maximum atomic E-state index is 14.0. The van der Waals surface area contributed by atoms with Crippen molar-refractivity contribution in [3.63, 3.8) is 0 Å². The van der Waals surface area contributed by atoms with Gasteiger partial charge >= 0.3 is 0 Å². The van der Waals surface area contributed by atoms with E-state index in [0.29, 0.717) is 6.29 Å². The standard InChI is InChI=1S/C16H7BrF4N2O/c17-16-10(7-24)15(9-2-1-3-12(19)14(9)21)22-23(16)8-4-5-11(18)13(20)6-8/h1-7H. The highest BCUT2D eigenvalue weighted by Gasteiger charge is 2.22. The Morgan fingerprint density at radius 1 is 1.00 bits per heavy atom. The van der Waals surface area contributed by atoms with E-state index in [4.69, 9.17) is 0 Å². The highest BCUT2D eigenvalue weighted by molar-refractivity contribution is 9.10. The molecule has 1 heterocycles. The van der Waals surface area contributed by atoms with E-state index < -0.39 is 23.3 Å². The van der Waals surface area contributed by atoms with E-state index in [0.717, 1.165) is 22.9 Å². The lowest BCUT2D eigenvalue weighted by molar-refractivity contribution is 0.112. The van der Waals surface area contributed by atoms with Gasteiger partial charge in [-0.2, -0.15) is 5.10 Å². The molecule has 0 aliphatic heterocycles. The Morgan fingerprint density at radius 3 is 2.42 bits per heavy atom. The predicted molar refractivity (Wildman–Crippen MR) is 81.9 cm³/mol. The molecule has 0 spiro atoms. The summed E-state index contributed by atoms with van der Waals surface area (Å²) in [6.45, 7) is 0. The second-order valence-corrected chi connectivity index (χ2v) is 5.53. The average Bonchev–Trinajstić information content (AvgIpc) is 2.89. The van der Waals surface area contributed by atoms with Crippen LogP contribution in [0.3, 0.4) is 0 Å². The largest absolute Gasteiger partial charge is 0.298 e. The van der Waals surface area contributed by atoms with E-state index in [1.54, 1.807) is 0 Å². The molecular weight excluding hydrogens is 392 g/mol. The number of aromatic nitrogens is 2. The molecule has 0 bridgehead atoms. The molecule has 122 valence electrons. The van der Waals surface area contributed by atoms with E-state index in [1.165, 1.54) is 18.2 Å². The van der Waals surface area contributed by atoms with Gasteiger partial charge in [0.05, 0.1) is 11.3 Å². The molecule has 3 nitrogen and oxygen atoms in total. The zero-order chi connectivity index (χ0) is 17.4. The fraction of sp³-hybridized carbons (Fsp3) is 0. The lowest BCUT2D eigenvalue weighted by Gasteiger charge is -2.04. The number of carbonyl (C=O) groups is 1. The van der Waals surface area contributed by atoms with E-state index in [9.17, 15) is 22.4 Å². The number of hydrogen-bond donors (Lipinski definition) is 0. The third kappa shape index (κ3) is 2.62. The SMILES string of the molecule is O=Cc1c(-c2cccc(F)c2F)nn(-c2ccc(F)c(F)c2)c1Br. The Kier molecular flexibility index (Phi) is 4.23. The van der Waals surface area contributed by atoms with Gasteiger partial charge in [0.1, 0.15) is 10.3 Å². The van der Waals surface area contributed by atoms with E-state index in [-0.39, 0.29) is 27.1 Å². The van der Waals surface area contributed by atoms with Crippen molar-refractivity contribution in [2.45, 2.75) is 0 Å². The third-order valence-electron chi connectivity index (χ3n) is 3.34.